The van der Waals surface area contributed by atoms with Gasteiger partial charge in [-0.25, -0.2) is 14.5 Å². The zero-order valence-corrected chi connectivity index (χ0v) is 31.6. The Kier molecular flexibility index (Phi) is 10.8. The van der Waals surface area contributed by atoms with Crippen LogP contribution in [-0.2, 0) is 11.2 Å². The standard InChI is InChI=1S/C41H45N7O4Si/c1-29-12-14-31(15-13-29)48-38(28-40(46-48)53(2,3)4)45-41(49)43-35-16-17-36(34-11-6-5-10-33(34)35)52-39-18-19-42-37(44-39)27-30-8-7-9-32(26-30)51-25-22-47-20-23-50-24-21-47/h5-19,26,28H,20-25,27H2,1-4H3,(H2,43,45,49). The smallest absolute Gasteiger partial charge is 0.324 e. The molecule has 4 aromatic carbocycles. The van der Waals surface area contributed by atoms with E-state index < -0.39 is 8.07 Å². The lowest BCUT2D eigenvalue weighted by Crippen LogP contribution is -2.39. The summed E-state index contributed by atoms with van der Waals surface area (Å²) in [5.74, 6) is 3.11. The minimum atomic E-state index is -1.76. The van der Waals surface area contributed by atoms with E-state index in [1.54, 1.807) is 16.9 Å². The van der Waals surface area contributed by atoms with Gasteiger partial charge in [-0.2, -0.15) is 10.1 Å². The summed E-state index contributed by atoms with van der Waals surface area (Å²) in [6.45, 7) is 13.7. The fraction of sp³-hybridized carbons (Fsp3) is 0.268. The number of carbonyl (C=O) groups is 1. The monoisotopic (exact) mass is 727 g/mol. The van der Waals surface area contributed by atoms with Gasteiger partial charge >= 0.3 is 6.03 Å². The largest absolute Gasteiger partial charge is 0.492 e. The van der Waals surface area contributed by atoms with E-state index in [1.807, 2.05) is 97.9 Å². The van der Waals surface area contributed by atoms with Crippen LogP contribution in [0.2, 0.25) is 19.6 Å². The number of aryl methyl sites for hydroxylation is 1. The molecular formula is C41H45N7O4Si. The minimum absolute atomic E-state index is 0.369. The van der Waals surface area contributed by atoms with Crippen LogP contribution < -0.4 is 25.4 Å². The predicted molar refractivity (Wildman–Crippen MR) is 212 cm³/mol. The number of aromatic nitrogens is 4. The molecule has 7 rings (SSSR count). The Morgan fingerprint density at radius 1 is 0.887 bits per heavy atom. The van der Waals surface area contributed by atoms with Crippen LogP contribution >= 0.6 is 0 Å². The number of benzene rings is 4. The molecule has 272 valence electrons. The molecule has 0 atom stereocenters. The number of fused-ring (bicyclic) bond motifs is 1. The molecule has 1 aliphatic rings. The zero-order valence-electron chi connectivity index (χ0n) is 30.6. The Morgan fingerprint density at radius 2 is 1.68 bits per heavy atom. The van der Waals surface area contributed by atoms with Crippen molar-refractivity contribution in [1.29, 1.82) is 0 Å². The maximum absolute atomic E-state index is 13.5. The number of hydrogen-bond donors (Lipinski definition) is 2. The molecule has 2 aromatic heterocycles. The summed E-state index contributed by atoms with van der Waals surface area (Å²) in [6.07, 6.45) is 2.23. The van der Waals surface area contributed by atoms with Gasteiger partial charge in [0.05, 0.1) is 24.6 Å². The van der Waals surface area contributed by atoms with Crippen LogP contribution in [-0.4, -0.2) is 78.2 Å². The molecule has 12 heteroatoms. The number of nitrogens with zero attached hydrogens (tertiary/aromatic N) is 5. The number of anilines is 2. The van der Waals surface area contributed by atoms with Crippen molar-refractivity contribution < 1.29 is 19.0 Å². The lowest BCUT2D eigenvalue weighted by molar-refractivity contribution is 0.0322. The Bertz CT molecular complexity index is 2190. The second kappa shape index (κ2) is 16.0. The van der Waals surface area contributed by atoms with E-state index in [0.717, 1.165) is 71.5 Å². The summed E-state index contributed by atoms with van der Waals surface area (Å²) in [5.41, 5.74) is 3.73. The van der Waals surface area contributed by atoms with Crippen molar-refractivity contribution in [2.24, 2.45) is 0 Å². The van der Waals surface area contributed by atoms with Crippen molar-refractivity contribution in [1.82, 2.24) is 24.6 Å². The zero-order chi connectivity index (χ0) is 36.8. The second-order valence-electron chi connectivity index (χ2n) is 14.2. The molecule has 0 saturated carbocycles. The second-order valence-corrected chi connectivity index (χ2v) is 19.2. The van der Waals surface area contributed by atoms with Crippen LogP contribution in [0.5, 0.6) is 17.4 Å². The Hall–Kier alpha value is -5.56. The average Bonchev–Trinajstić information content (AvgIpc) is 3.58. The van der Waals surface area contributed by atoms with E-state index in [-0.39, 0.29) is 6.03 Å². The third-order valence-corrected chi connectivity index (χ3v) is 10.8. The molecular weight excluding hydrogens is 683 g/mol. The van der Waals surface area contributed by atoms with Crippen LogP contribution in [0, 0.1) is 6.92 Å². The van der Waals surface area contributed by atoms with Crippen LogP contribution in [0.1, 0.15) is 17.0 Å². The number of amides is 2. The van der Waals surface area contributed by atoms with Crippen molar-refractivity contribution in [2.75, 3.05) is 50.1 Å². The van der Waals surface area contributed by atoms with Crippen LogP contribution in [0.3, 0.4) is 0 Å². The summed E-state index contributed by atoms with van der Waals surface area (Å²) in [6, 6.07) is 31.0. The third kappa shape index (κ3) is 9.09. The molecule has 3 heterocycles. The van der Waals surface area contributed by atoms with Gasteiger partial charge in [-0.1, -0.05) is 73.7 Å². The summed E-state index contributed by atoms with van der Waals surface area (Å²) < 4.78 is 19.6. The molecule has 6 aromatic rings. The average molecular weight is 728 g/mol. The lowest BCUT2D eigenvalue weighted by atomic mass is 10.1. The Labute approximate surface area is 311 Å². The lowest BCUT2D eigenvalue weighted by Gasteiger charge is -2.26. The van der Waals surface area contributed by atoms with Crippen LogP contribution in [0.15, 0.2) is 103 Å². The molecule has 1 saturated heterocycles. The number of urea groups is 1. The summed E-state index contributed by atoms with van der Waals surface area (Å²) in [7, 11) is -1.76. The van der Waals surface area contributed by atoms with Gasteiger partial charge in [0, 0.05) is 54.4 Å². The molecule has 1 aliphatic heterocycles. The molecule has 0 bridgehead atoms. The first-order valence-corrected chi connectivity index (χ1v) is 21.5. The number of nitrogens with one attached hydrogen (secondary N) is 2. The van der Waals surface area contributed by atoms with Crippen molar-refractivity contribution in [3.63, 3.8) is 0 Å². The number of hydrogen-bond acceptors (Lipinski definition) is 8. The maximum atomic E-state index is 13.5. The maximum Gasteiger partial charge on any atom is 0.324 e. The summed E-state index contributed by atoms with van der Waals surface area (Å²) in [5, 5.41) is 13.7. The van der Waals surface area contributed by atoms with Gasteiger partial charge < -0.3 is 19.5 Å². The molecule has 2 N–H and O–H groups in total. The molecule has 0 aliphatic carbocycles. The van der Waals surface area contributed by atoms with E-state index in [4.69, 9.17) is 24.3 Å². The molecule has 0 unspecified atom stereocenters. The van der Waals surface area contributed by atoms with Gasteiger partial charge in [-0.05, 0) is 55.0 Å². The topological polar surface area (TPSA) is 116 Å². The Balaban J connectivity index is 1.03. The molecule has 11 nitrogen and oxygen atoms in total. The molecule has 1 fully saturated rings. The van der Waals surface area contributed by atoms with Gasteiger partial charge in [0.2, 0.25) is 5.88 Å². The molecule has 2 amide bonds. The first-order chi connectivity index (χ1) is 25.7. The fourth-order valence-electron chi connectivity index (χ4n) is 6.14. The van der Waals surface area contributed by atoms with Crippen molar-refractivity contribution in [2.45, 2.75) is 33.0 Å². The Morgan fingerprint density at radius 3 is 2.47 bits per heavy atom. The normalized spacial score (nSPS) is 13.5. The van der Waals surface area contributed by atoms with E-state index in [0.29, 0.717) is 42.0 Å². The van der Waals surface area contributed by atoms with Crippen molar-refractivity contribution in [3.05, 3.63) is 120 Å². The molecule has 53 heavy (non-hydrogen) atoms. The number of morpholine rings is 1. The first-order valence-electron chi connectivity index (χ1n) is 18.0. The highest BCUT2D eigenvalue weighted by Crippen LogP contribution is 2.34. The SMILES string of the molecule is Cc1ccc(-n2nc([Si](C)(C)C)cc2NC(=O)Nc2ccc(Oc3ccnc(Cc4cccc(OCCN5CCOCC5)c4)n3)c3ccccc23)cc1. The van der Waals surface area contributed by atoms with Gasteiger partial charge in [-0.3, -0.25) is 10.2 Å². The number of rotatable bonds is 12. The fourth-order valence-corrected chi connectivity index (χ4v) is 7.11. The van der Waals surface area contributed by atoms with Crippen molar-refractivity contribution in [3.8, 4) is 23.1 Å². The first kappa shape index (κ1) is 35.8. The van der Waals surface area contributed by atoms with E-state index in [1.165, 1.54) is 0 Å². The van der Waals surface area contributed by atoms with Gasteiger partial charge in [0.25, 0.3) is 0 Å². The number of carbonyl (C=O) groups excluding carboxylic acids is 1. The highest BCUT2D eigenvalue weighted by Gasteiger charge is 2.24. The van der Waals surface area contributed by atoms with Gasteiger partial charge in [-0.15, -0.1) is 0 Å². The number of ether oxygens (including phenoxy) is 3. The van der Waals surface area contributed by atoms with Gasteiger partial charge in [0.1, 0.15) is 37.8 Å². The highest BCUT2D eigenvalue weighted by atomic mass is 28.3. The molecule has 0 radical (unpaired) electrons. The quantitative estimate of drug-likeness (QED) is 0.125. The van der Waals surface area contributed by atoms with E-state index >= 15 is 0 Å². The van der Waals surface area contributed by atoms with E-state index in [2.05, 4.69) is 40.2 Å². The van der Waals surface area contributed by atoms with E-state index in [9.17, 15) is 4.79 Å². The highest BCUT2D eigenvalue weighted by molar-refractivity contribution is 6.88. The third-order valence-electron chi connectivity index (χ3n) is 9.07. The van der Waals surface area contributed by atoms with Crippen LogP contribution in [0.4, 0.5) is 16.3 Å². The summed E-state index contributed by atoms with van der Waals surface area (Å²) >= 11 is 0. The minimum Gasteiger partial charge on any atom is -0.492 e. The van der Waals surface area contributed by atoms with Crippen molar-refractivity contribution >= 4 is 41.7 Å². The predicted octanol–water partition coefficient (Wildman–Crippen LogP) is 7.41. The van der Waals surface area contributed by atoms with Crippen LogP contribution in [0.25, 0.3) is 16.5 Å². The van der Waals surface area contributed by atoms with Gasteiger partial charge in [0.15, 0.2) is 0 Å². The molecule has 0 spiro atoms. The summed E-state index contributed by atoms with van der Waals surface area (Å²) in [4.78, 5) is 25.1.